The molecule has 0 aromatic heterocycles. The number of hydrogen-bond acceptors (Lipinski definition) is 4. The molecule has 2 N–H and O–H groups in total. The molecule has 1 saturated heterocycles. The van der Waals surface area contributed by atoms with Crippen LogP contribution in [0.2, 0.25) is 0 Å². The smallest absolute Gasteiger partial charge is 0.303 e. The SMILES string of the molecule is O=C(O)C[C@H]1CC[C@@H](O)[C@H]1/C=C\CCOC1CCCCO1. The summed E-state index contributed by atoms with van der Waals surface area (Å²) in [6, 6.07) is 0. The number of carboxylic acid groups (broad SMARTS) is 1. The Kier molecular flexibility index (Phi) is 6.67. The van der Waals surface area contributed by atoms with Crippen LogP contribution in [0.1, 0.15) is 44.9 Å². The Balaban J connectivity index is 1.68. The van der Waals surface area contributed by atoms with E-state index in [2.05, 4.69) is 0 Å². The van der Waals surface area contributed by atoms with Crippen molar-refractivity contribution in [2.24, 2.45) is 11.8 Å². The van der Waals surface area contributed by atoms with Crippen molar-refractivity contribution in [2.75, 3.05) is 13.2 Å². The second kappa shape index (κ2) is 8.51. The third kappa shape index (κ3) is 5.41. The van der Waals surface area contributed by atoms with Crippen molar-refractivity contribution in [3.63, 3.8) is 0 Å². The van der Waals surface area contributed by atoms with Crippen LogP contribution in [0.5, 0.6) is 0 Å². The Labute approximate surface area is 125 Å². The van der Waals surface area contributed by atoms with E-state index in [1.807, 2.05) is 12.2 Å². The summed E-state index contributed by atoms with van der Waals surface area (Å²) < 4.78 is 11.1. The molecule has 0 amide bonds. The summed E-state index contributed by atoms with van der Waals surface area (Å²) in [4.78, 5) is 10.8. The maximum Gasteiger partial charge on any atom is 0.303 e. The summed E-state index contributed by atoms with van der Waals surface area (Å²) in [6.45, 7) is 1.39. The first-order valence-electron chi connectivity index (χ1n) is 7.96. The second-order valence-corrected chi connectivity index (χ2v) is 5.96. The molecule has 1 saturated carbocycles. The van der Waals surface area contributed by atoms with Crippen LogP contribution in [0.3, 0.4) is 0 Å². The molecular formula is C16H26O5. The van der Waals surface area contributed by atoms with E-state index < -0.39 is 12.1 Å². The fourth-order valence-corrected chi connectivity index (χ4v) is 3.20. The van der Waals surface area contributed by atoms with Gasteiger partial charge in [0, 0.05) is 18.9 Å². The Morgan fingerprint density at radius 3 is 2.86 bits per heavy atom. The van der Waals surface area contributed by atoms with Gasteiger partial charge in [0.05, 0.1) is 12.7 Å². The first-order chi connectivity index (χ1) is 10.2. The summed E-state index contributed by atoms with van der Waals surface area (Å²) >= 11 is 0. The van der Waals surface area contributed by atoms with E-state index in [1.54, 1.807) is 0 Å². The highest BCUT2D eigenvalue weighted by Crippen LogP contribution is 2.35. The van der Waals surface area contributed by atoms with Gasteiger partial charge in [-0.15, -0.1) is 0 Å². The van der Waals surface area contributed by atoms with E-state index in [0.29, 0.717) is 13.0 Å². The van der Waals surface area contributed by atoms with Gasteiger partial charge in [0.15, 0.2) is 6.29 Å². The summed E-state index contributed by atoms with van der Waals surface area (Å²) in [6.07, 6.45) is 9.11. The van der Waals surface area contributed by atoms with E-state index in [4.69, 9.17) is 14.6 Å². The number of aliphatic hydroxyl groups is 1. The molecule has 0 bridgehead atoms. The minimum Gasteiger partial charge on any atom is -0.481 e. The summed E-state index contributed by atoms with van der Waals surface area (Å²) in [5.74, 6) is -0.770. The predicted molar refractivity (Wildman–Crippen MR) is 77.8 cm³/mol. The molecule has 2 fully saturated rings. The molecule has 1 aliphatic heterocycles. The lowest BCUT2D eigenvalue weighted by Gasteiger charge is -2.22. The van der Waals surface area contributed by atoms with E-state index in [0.717, 1.165) is 38.7 Å². The number of ether oxygens (including phenoxy) is 2. The van der Waals surface area contributed by atoms with Gasteiger partial charge in [0.2, 0.25) is 0 Å². The summed E-state index contributed by atoms with van der Waals surface area (Å²) in [7, 11) is 0. The third-order valence-corrected chi connectivity index (χ3v) is 4.34. The van der Waals surface area contributed by atoms with Crippen molar-refractivity contribution in [3.8, 4) is 0 Å². The van der Waals surface area contributed by atoms with Crippen LogP contribution in [0, 0.1) is 11.8 Å². The quantitative estimate of drug-likeness (QED) is 0.557. The Bertz CT molecular complexity index is 349. The number of carboxylic acids is 1. The number of carbonyl (C=O) groups is 1. The molecule has 0 radical (unpaired) electrons. The van der Waals surface area contributed by atoms with Crippen LogP contribution >= 0.6 is 0 Å². The fourth-order valence-electron chi connectivity index (χ4n) is 3.20. The standard InChI is InChI=1S/C16H26O5/c17-14-8-7-12(11-15(18)19)13(14)5-1-3-9-20-16-6-2-4-10-21-16/h1,5,12-14,16-17H,2-4,6-11H2,(H,18,19)/b5-1-/t12-,13+,14-,16?/m1/s1. The van der Waals surface area contributed by atoms with Crippen LogP contribution in [0.4, 0.5) is 0 Å². The highest BCUT2D eigenvalue weighted by atomic mass is 16.7. The number of aliphatic hydroxyl groups excluding tert-OH is 1. The maximum atomic E-state index is 10.8. The van der Waals surface area contributed by atoms with E-state index in [1.165, 1.54) is 0 Å². The van der Waals surface area contributed by atoms with Crippen molar-refractivity contribution in [3.05, 3.63) is 12.2 Å². The highest BCUT2D eigenvalue weighted by Gasteiger charge is 2.34. The Morgan fingerprint density at radius 2 is 2.14 bits per heavy atom. The van der Waals surface area contributed by atoms with Gasteiger partial charge in [0.25, 0.3) is 0 Å². The molecule has 1 unspecified atom stereocenters. The lowest BCUT2D eigenvalue weighted by atomic mass is 9.91. The van der Waals surface area contributed by atoms with Crippen molar-refractivity contribution in [1.29, 1.82) is 0 Å². The first kappa shape index (κ1) is 16.5. The van der Waals surface area contributed by atoms with Gasteiger partial charge in [-0.05, 0) is 44.4 Å². The molecule has 0 aromatic rings. The Hall–Kier alpha value is -0.910. The van der Waals surface area contributed by atoms with Gasteiger partial charge in [-0.25, -0.2) is 0 Å². The van der Waals surface area contributed by atoms with Gasteiger partial charge in [-0.2, -0.15) is 0 Å². The zero-order valence-electron chi connectivity index (χ0n) is 12.4. The molecule has 4 atom stereocenters. The van der Waals surface area contributed by atoms with Crippen molar-refractivity contribution < 1.29 is 24.5 Å². The average molecular weight is 298 g/mol. The van der Waals surface area contributed by atoms with Gasteiger partial charge < -0.3 is 19.7 Å². The molecular weight excluding hydrogens is 272 g/mol. The monoisotopic (exact) mass is 298 g/mol. The van der Waals surface area contributed by atoms with Crippen LogP contribution in [0.25, 0.3) is 0 Å². The first-order valence-corrected chi connectivity index (χ1v) is 7.96. The summed E-state index contributed by atoms with van der Waals surface area (Å²) in [5, 5.41) is 18.8. The van der Waals surface area contributed by atoms with Crippen molar-refractivity contribution in [2.45, 2.75) is 57.3 Å². The average Bonchev–Trinajstić information content (AvgIpc) is 2.80. The van der Waals surface area contributed by atoms with Crippen LogP contribution in [-0.4, -0.2) is 41.8 Å². The lowest BCUT2D eigenvalue weighted by molar-refractivity contribution is -0.161. The minimum absolute atomic E-state index is 0.0352. The van der Waals surface area contributed by atoms with Gasteiger partial charge in [-0.1, -0.05) is 12.2 Å². The maximum absolute atomic E-state index is 10.8. The molecule has 21 heavy (non-hydrogen) atoms. The lowest BCUT2D eigenvalue weighted by Crippen LogP contribution is -2.22. The second-order valence-electron chi connectivity index (χ2n) is 5.96. The fraction of sp³-hybridized carbons (Fsp3) is 0.812. The van der Waals surface area contributed by atoms with Gasteiger partial charge in [0.1, 0.15) is 0 Å². The summed E-state index contributed by atoms with van der Waals surface area (Å²) in [5.41, 5.74) is 0. The van der Waals surface area contributed by atoms with E-state index >= 15 is 0 Å². The normalized spacial score (nSPS) is 33.6. The van der Waals surface area contributed by atoms with E-state index in [9.17, 15) is 9.90 Å². The third-order valence-electron chi connectivity index (χ3n) is 4.34. The van der Waals surface area contributed by atoms with Crippen LogP contribution < -0.4 is 0 Å². The minimum atomic E-state index is -0.787. The molecule has 0 aromatic carbocycles. The highest BCUT2D eigenvalue weighted by molar-refractivity contribution is 5.67. The number of hydrogen-bond donors (Lipinski definition) is 2. The van der Waals surface area contributed by atoms with Crippen molar-refractivity contribution in [1.82, 2.24) is 0 Å². The zero-order chi connectivity index (χ0) is 15.1. The molecule has 5 nitrogen and oxygen atoms in total. The Morgan fingerprint density at radius 1 is 1.29 bits per heavy atom. The number of aliphatic carboxylic acids is 1. The molecule has 2 rings (SSSR count). The molecule has 1 heterocycles. The molecule has 0 spiro atoms. The number of rotatable bonds is 7. The van der Waals surface area contributed by atoms with Crippen molar-refractivity contribution >= 4 is 5.97 Å². The molecule has 2 aliphatic rings. The molecule has 1 aliphatic carbocycles. The molecule has 5 heteroatoms. The predicted octanol–water partition coefficient (Wildman–Crippen LogP) is 2.34. The topological polar surface area (TPSA) is 76.0 Å². The zero-order valence-corrected chi connectivity index (χ0v) is 12.4. The largest absolute Gasteiger partial charge is 0.481 e. The van der Waals surface area contributed by atoms with Gasteiger partial charge >= 0.3 is 5.97 Å². The van der Waals surface area contributed by atoms with Gasteiger partial charge in [-0.3, -0.25) is 4.79 Å². The van der Waals surface area contributed by atoms with E-state index in [-0.39, 0.29) is 24.5 Å². The molecule has 120 valence electrons. The van der Waals surface area contributed by atoms with Crippen LogP contribution in [0.15, 0.2) is 12.2 Å². The van der Waals surface area contributed by atoms with Crippen LogP contribution in [-0.2, 0) is 14.3 Å².